The number of nitriles is 1. The van der Waals surface area contributed by atoms with Crippen molar-refractivity contribution >= 4 is 17.6 Å². The van der Waals surface area contributed by atoms with Gasteiger partial charge in [0.1, 0.15) is 11.8 Å². The lowest BCUT2D eigenvalue weighted by atomic mass is 10.0. The maximum absolute atomic E-state index is 10.1. The van der Waals surface area contributed by atoms with Crippen LogP contribution in [0.5, 0.6) is 5.75 Å². The molecule has 4 rings (SSSR count). The van der Waals surface area contributed by atoms with Crippen LogP contribution in [-0.4, -0.2) is 14.9 Å². The molecule has 4 aromatic rings. The smallest absolute Gasteiger partial charge is 0.133 e. The van der Waals surface area contributed by atoms with Gasteiger partial charge in [0.2, 0.25) is 0 Å². The number of hydrogen-bond donors (Lipinski definition) is 2. The predicted octanol–water partition coefficient (Wildman–Crippen LogP) is 7.25. The first-order chi connectivity index (χ1) is 16.4. The molecule has 0 aliphatic carbocycles. The SMILES string of the molecule is CC.Cc1ccc(SNc2ccc(Cn3nc(C)c(-c4ccc(C#N)c(O)c4)c3C)cc2)cc1. The van der Waals surface area contributed by atoms with Gasteiger partial charge in [-0.2, -0.15) is 10.4 Å². The van der Waals surface area contributed by atoms with Crippen LogP contribution in [0.1, 0.15) is 41.9 Å². The summed E-state index contributed by atoms with van der Waals surface area (Å²) in [6.45, 7) is 10.7. The largest absolute Gasteiger partial charge is 0.507 e. The zero-order chi connectivity index (χ0) is 24.7. The van der Waals surface area contributed by atoms with E-state index < -0.39 is 0 Å². The molecule has 174 valence electrons. The number of hydrogen-bond acceptors (Lipinski definition) is 5. The fraction of sp³-hybridized carbons (Fsp3) is 0.214. The third kappa shape index (κ3) is 5.81. The molecule has 0 aliphatic heterocycles. The third-order valence-electron chi connectivity index (χ3n) is 5.38. The second-order valence-corrected chi connectivity index (χ2v) is 8.64. The number of aromatic hydroxyl groups is 1. The van der Waals surface area contributed by atoms with Crippen molar-refractivity contribution in [3.8, 4) is 22.9 Å². The van der Waals surface area contributed by atoms with E-state index in [1.807, 2.05) is 44.5 Å². The molecule has 0 bridgehead atoms. The average Bonchev–Trinajstić information content (AvgIpc) is 3.13. The first kappa shape index (κ1) is 24.9. The van der Waals surface area contributed by atoms with E-state index in [0.29, 0.717) is 6.54 Å². The second-order valence-electron chi connectivity index (χ2n) is 7.76. The van der Waals surface area contributed by atoms with Crippen molar-refractivity contribution in [2.45, 2.75) is 46.1 Å². The van der Waals surface area contributed by atoms with Crippen LogP contribution in [0.15, 0.2) is 71.6 Å². The van der Waals surface area contributed by atoms with Gasteiger partial charge in [0.05, 0.1) is 17.8 Å². The number of aryl methyl sites for hydroxylation is 2. The molecular formula is C28H30N4OS. The summed E-state index contributed by atoms with van der Waals surface area (Å²) in [5, 5.41) is 23.8. The van der Waals surface area contributed by atoms with E-state index in [1.165, 1.54) is 10.5 Å². The maximum atomic E-state index is 10.1. The van der Waals surface area contributed by atoms with Gasteiger partial charge in [0.25, 0.3) is 0 Å². The molecule has 34 heavy (non-hydrogen) atoms. The lowest BCUT2D eigenvalue weighted by Gasteiger charge is -2.09. The van der Waals surface area contributed by atoms with Crippen molar-refractivity contribution in [3.63, 3.8) is 0 Å². The molecule has 6 heteroatoms. The fourth-order valence-electron chi connectivity index (χ4n) is 3.63. The molecule has 0 radical (unpaired) electrons. The van der Waals surface area contributed by atoms with Crippen LogP contribution in [0.4, 0.5) is 5.69 Å². The molecule has 0 saturated carbocycles. The minimum atomic E-state index is -0.0110. The van der Waals surface area contributed by atoms with E-state index in [1.54, 1.807) is 24.1 Å². The maximum Gasteiger partial charge on any atom is 0.133 e. The highest BCUT2D eigenvalue weighted by molar-refractivity contribution is 8.00. The molecule has 0 spiro atoms. The molecule has 0 fully saturated rings. The number of aromatic nitrogens is 2. The topological polar surface area (TPSA) is 73.9 Å². The molecule has 2 N–H and O–H groups in total. The van der Waals surface area contributed by atoms with Crippen LogP contribution in [0, 0.1) is 32.1 Å². The van der Waals surface area contributed by atoms with Crippen molar-refractivity contribution in [1.82, 2.24) is 9.78 Å². The highest BCUT2D eigenvalue weighted by Crippen LogP contribution is 2.31. The number of anilines is 1. The summed E-state index contributed by atoms with van der Waals surface area (Å²) < 4.78 is 5.36. The Kier molecular flexibility index (Phi) is 8.39. The van der Waals surface area contributed by atoms with Crippen molar-refractivity contribution in [2.24, 2.45) is 0 Å². The molecule has 0 aliphatic rings. The van der Waals surface area contributed by atoms with E-state index >= 15 is 0 Å². The highest BCUT2D eigenvalue weighted by atomic mass is 32.2. The van der Waals surface area contributed by atoms with Gasteiger partial charge < -0.3 is 9.83 Å². The Morgan fingerprint density at radius 3 is 2.26 bits per heavy atom. The quantitative estimate of drug-likeness (QED) is 0.290. The van der Waals surface area contributed by atoms with Gasteiger partial charge in [-0.05, 0) is 80.2 Å². The standard InChI is InChI=1S/C26H24N4OS.C2H6/c1-17-4-12-24(13-5-17)32-29-23-10-6-20(7-11-23)16-30-19(3)26(18(2)28-30)21-8-9-22(15-27)25(31)14-21;1-2/h4-14,29,31H,16H2,1-3H3;1-2H3. The lowest BCUT2D eigenvalue weighted by molar-refractivity contribution is 0.474. The summed E-state index contributed by atoms with van der Waals surface area (Å²) in [5.74, 6) is -0.0110. The van der Waals surface area contributed by atoms with Gasteiger partial charge in [0, 0.05) is 21.8 Å². The van der Waals surface area contributed by atoms with Crippen LogP contribution >= 0.6 is 11.9 Å². The summed E-state index contributed by atoms with van der Waals surface area (Å²) in [5.41, 5.74) is 7.46. The zero-order valence-corrected chi connectivity index (χ0v) is 21.1. The van der Waals surface area contributed by atoms with E-state index in [-0.39, 0.29) is 11.3 Å². The van der Waals surface area contributed by atoms with Crippen molar-refractivity contribution in [1.29, 1.82) is 5.26 Å². The van der Waals surface area contributed by atoms with Gasteiger partial charge in [0.15, 0.2) is 0 Å². The first-order valence-electron chi connectivity index (χ1n) is 11.3. The van der Waals surface area contributed by atoms with Crippen LogP contribution < -0.4 is 4.72 Å². The van der Waals surface area contributed by atoms with Crippen molar-refractivity contribution in [2.75, 3.05) is 4.72 Å². The summed E-state index contributed by atoms with van der Waals surface area (Å²) in [4.78, 5) is 1.17. The number of phenols is 1. The molecule has 5 nitrogen and oxygen atoms in total. The van der Waals surface area contributed by atoms with E-state index in [4.69, 9.17) is 10.4 Å². The lowest BCUT2D eigenvalue weighted by Crippen LogP contribution is -2.04. The molecule has 1 aromatic heterocycles. The number of nitrogens with zero attached hydrogens (tertiary/aromatic N) is 3. The van der Waals surface area contributed by atoms with Gasteiger partial charge in [-0.15, -0.1) is 0 Å². The molecule has 0 unspecified atom stereocenters. The first-order valence-corrected chi connectivity index (χ1v) is 12.1. The third-order valence-corrected chi connectivity index (χ3v) is 6.23. The van der Waals surface area contributed by atoms with Crippen LogP contribution in [0.25, 0.3) is 11.1 Å². The van der Waals surface area contributed by atoms with Crippen LogP contribution in [0.3, 0.4) is 0 Å². The normalized spacial score (nSPS) is 10.2. The minimum absolute atomic E-state index is 0.0110. The summed E-state index contributed by atoms with van der Waals surface area (Å²) >= 11 is 1.59. The highest BCUT2D eigenvalue weighted by Gasteiger charge is 2.15. The molecule has 0 atom stereocenters. The van der Waals surface area contributed by atoms with Crippen molar-refractivity contribution < 1.29 is 5.11 Å². The summed E-state index contributed by atoms with van der Waals surface area (Å²) in [6, 6.07) is 23.9. The van der Waals surface area contributed by atoms with E-state index in [0.717, 1.165) is 33.8 Å². The van der Waals surface area contributed by atoms with E-state index in [2.05, 4.69) is 60.2 Å². The van der Waals surface area contributed by atoms with E-state index in [9.17, 15) is 5.11 Å². The van der Waals surface area contributed by atoms with Gasteiger partial charge >= 0.3 is 0 Å². The monoisotopic (exact) mass is 470 g/mol. The molecule has 0 saturated heterocycles. The van der Waals surface area contributed by atoms with Gasteiger partial charge in [-0.3, -0.25) is 4.68 Å². The average molecular weight is 471 g/mol. The number of phenolic OH excluding ortho intramolecular Hbond substituents is 1. The number of rotatable bonds is 6. The molecular weight excluding hydrogens is 440 g/mol. The Morgan fingerprint density at radius 1 is 0.971 bits per heavy atom. The van der Waals surface area contributed by atoms with Gasteiger partial charge in [-0.25, -0.2) is 0 Å². The molecule has 3 aromatic carbocycles. The Balaban J connectivity index is 0.00000158. The Labute approximate surface area is 206 Å². The number of benzene rings is 3. The van der Waals surface area contributed by atoms with Crippen LogP contribution in [-0.2, 0) is 6.54 Å². The Hall–Kier alpha value is -3.69. The van der Waals surface area contributed by atoms with Gasteiger partial charge in [-0.1, -0.05) is 49.7 Å². The number of nitrogens with one attached hydrogen (secondary N) is 1. The summed E-state index contributed by atoms with van der Waals surface area (Å²) in [6.07, 6.45) is 0. The minimum Gasteiger partial charge on any atom is -0.507 e. The summed E-state index contributed by atoms with van der Waals surface area (Å²) in [7, 11) is 0. The molecule has 0 amide bonds. The van der Waals surface area contributed by atoms with Crippen molar-refractivity contribution in [3.05, 3.63) is 94.8 Å². The Bertz CT molecular complexity index is 1290. The van der Waals surface area contributed by atoms with Crippen LogP contribution in [0.2, 0.25) is 0 Å². The molecule has 1 heterocycles. The fourth-order valence-corrected chi connectivity index (χ4v) is 4.27. The zero-order valence-electron chi connectivity index (χ0n) is 20.3. The Morgan fingerprint density at radius 2 is 1.65 bits per heavy atom. The second kappa shape index (κ2) is 11.4. The predicted molar refractivity (Wildman–Crippen MR) is 141 cm³/mol.